The molecule has 1 N–H and O–H groups in total. The van der Waals surface area contributed by atoms with Crippen molar-refractivity contribution in [3.63, 3.8) is 0 Å². The van der Waals surface area contributed by atoms with Gasteiger partial charge < -0.3 is 5.32 Å². The van der Waals surface area contributed by atoms with Gasteiger partial charge in [0.05, 0.1) is 12.5 Å². The maximum atomic E-state index is 12.0. The summed E-state index contributed by atoms with van der Waals surface area (Å²) in [5.74, 6) is 0.0303. The molecule has 20 heavy (non-hydrogen) atoms. The number of halogens is 2. The van der Waals surface area contributed by atoms with E-state index in [-0.39, 0.29) is 11.9 Å². The summed E-state index contributed by atoms with van der Waals surface area (Å²) in [5, 5.41) is 3.01. The Balaban J connectivity index is 1.93. The second-order valence-electron chi connectivity index (χ2n) is 4.64. The Morgan fingerprint density at radius 1 is 1.00 bits per heavy atom. The average molecular weight is 397 g/mol. The van der Waals surface area contributed by atoms with Gasteiger partial charge in [-0.15, -0.1) is 0 Å². The molecule has 4 heteroatoms. The van der Waals surface area contributed by atoms with Gasteiger partial charge in [0.15, 0.2) is 0 Å². The molecule has 0 spiro atoms. The van der Waals surface area contributed by atoms with Gasteiger partial charge in [-0.2, -0.15) is 0 Å². The highest BCUT2D eigenvalue weighted by Crippen LogP contribution is 2.17. The number of benzene rings is 2. The zero-order valence-corrected chi connectivity index (χ0v) is 14.2. The predicted octanol–water partition coefficient (Wildman–Crippen LogP) is 4.63. The molecule has 1 atom stereocenters. The van der Waals surface area contributed by atoms with Crippen LogP contribution in [0.3, 0.4) is 0 Å². The van der Waals surface area contributed by atoms with Gasteiger partial charge in [0, 0.05) is 8.95 Å². The summed E-state index contributed by atoms with van der Waals surface area (Å²) >= 11 is 6.79. The molecule has 2 aromatic carbocycles. The smallest absolute Gasteiger partial charge is 0.224 e. The number of carbonyl (C=O) groups is 1. The van der Waals surface area contributed by atoms with Gasteiger partial charge in [-0.25, -0.2) is 0 Å². The molecular weight excluding hydrogens is 382 g/mol. The molecular formula is C16H15Br2NO. The Morgan fingerprint density at radius 2 is 1.50 bits per heavy atom. The van der Waals surface area contributed by atoms with Crippen LogP contribution in [0.4, 0.5) is 0 Å². The number of nitrogens with one attached hydrogen (secondary N) is 1. The topological polar surface area (TPSA) is 29.1 Å². The fraction of sp³-hybridized carbons (Fsp3) is 0.188. The molecule has 0 bridgehead atoms. The summed E-state index contributed by atoms with van der Waals surface area (Å²) in [6.07, 6.45) is 0.397. The summed E-state index contributed by atoms with van der Waals surface area (Å²) in [4.78, 5) is 12.0. The van der Waals surface area contributed by atoms with Crippen molar-refractivity contribution in [1.82, 2.24) is 5.32 Å². The van der Waals surface area contributed by atoms with Crippen molar-refractivity contribution in [3.05, 3.63) is 68.6 Å². The Kier molecular flexibility index (Phi) is 5.38. The SMILES string of the molecule is C[C@@H](NC(=O)Cc1ccc(Br)cc1)c1ccc(Br)cc1. The van der Waals surface area contributed by atoms with Crippen LogP contribution < -0.4 is 5.32 Å². The first-order valence-electron chi connectivity index (χ1n) is 6.34. The van der Waals surface area contributed by atoms with Crippen molar-refractivity contribution < 1.29 is 4.79 Å². The Labute approximate surface area is 135 Å². The van der Waals surface area contributed by atoms with Crippen molar-refractivity contribution in [2.24, 2.45) is 0 Å². The fourth-order valence-electron chi connectivity index (χ4n) is 1.91. The lowest BCUT2D eigenvalue weighted by molar-refractivity contribution is -0.121. The standard InChI is InChI=1S/C16H15Br2NO/c1-11(13-4-8-15(18)9-5-13)19-16(20)10-12-2-6-14(17)7-3-12/h2-9,11H,10H2,1H3,(H,19,20)/t11-/m1/s1. The number of hydrogen-bond acceptors (Lipinski definition) is 1. The maximum absolute atomic E-state index is 12.0. The molecule has 104 valence electrons. The molecule has 0 radical (unpaired) electrons. The van der Waals surface area contributed by atoms with Crippen LogP contribution in [0.15, 0.2) is 57.5 Å². The highest BCUT2D eigenvalue weighted by molar-refractivity contribution is 9.10. The molecule has 0 aliphatic heterocycles. The molecule has 0 saturated carbocycles. The summed E-state index contributed by atoms with van der Waals surface area (Å²) in [6, 6.07) is 15.8. The Bertz CT molecular complexity index is 578. The van der Waals surface area contributed by atoms with Crippen LogP contribution in [0, 0.1) is 0 Å². The zero-order chi connectivity index (χ0) is 14.5. The average Bonchev–Trinajstić information content (AvgIpc) is 2.42. The minimum atomic E-state index is 0.00560. The number of carbonyl (C=O) groups excluding carboxylic acids is 1. The largest absolute Gasteiger partial charge is 0.349 e. The number of hydrogen-bond donors (Lipinski definition) is 1. The zero-order valence-electron chi connectivity index (χ0n) is 11.1. The van der Waals surface area contributed by atoms with E-state index >= 15 is 0 Å². The summed E-state index contributed by atoms with van der Waals surface area (Å²) in [7, 11) is 0. The summed E-state index contributed by atoms with van der Waals surface area (Å²) < 4.78 is 2.06. The summed E-state index contributed by atoms with van der Waals surface area (Å²) in [5.41, 5.74) is 2.10. The van der Waals surface area contributed by atoms with Crippen molar-refractivity contribution >= 4 is 37.8 Å². The van der Waals surface area contributed by atoms with E-state index < -0.39 is 0 Å². The van der Waals surface area contributed by atoms with Crippen LogP contribution in [-0.4, -0.2) is 5.91 Å². The van der Waals surface area contributed by atoms with Gasteiger partial charge in [0.25, 0.3) is 0 Å². The fourth-order valence-corrected chi connectivity index (χ4v) is 2.44. The van der Waals surface area contributed by atoms with E-state index in [9.17, 15) is 4.79 Å². The third kappa shape index (κ3) is 4.46. The van der Waals surface area contributed by atoms with E-state index in [2.05, 4.69) is 37.2 Å². The first-order valence-corrected chi connectivity index (χ1v) is 7.92. The van der Waals surface area contributed by atoms with Gasteiger partial charge >= 0.3 is 0 Å². The minimum Gasteiger partial charge on any atom is -0.349 e. The van der Waals surface area contributed by atoms with E-state index in [1.54, 1.807) is 0 Å². The molecule has 2 nitrogen and oxygen atoms in total. The minimum absolute atomic E-state index is 0.00560. The van der Waals surface area contributed by atoms with Crippen LogP contribution in [0.5, 0.6) is 0 Å². The number of rotatable bonds is 4. The van der Waals surface area contributed by atoms with Crippen molar-refractivity contribution in [2.75, 3.05) is 0 Å². The van der Waals surface area contributed by atoms with Gasteiger partial charge in [-0.1, -0.05) is 56.1 Å². The molecule has 0 aliphatic carbocycles. The Hall–Kier alpha value is -1.13. The number of amides is 1. The molecule has 0 fully saturated rings. The molecule has 2 aromatic rings. The first kappa shape index (κ1) is 15.3. The molecule has 0 unspecified atom stereocenters. The Morgan fingerprint density at radius 3 is 2.05 bits per heavy atom. The first-order chi connectivity index (χ1) is 9.54. The second-order valence-corrected chi connectivity index (χ2v) is 6.48. The normalized spacial score (nSPS) is 11.9. The lowest BCUT2D eigenvalue weighted by Gasteiger charge is -2.14. The quantitative estimate of drug-likeness (QED) is 0.801. The lowest BCUT2D eigenvalue weighted by atomic mass is 10.1. The molecule has 0 saturated heterocycles. The molecule has 0 aromatic heterocycles. The maximum Gasteiger partial charge on any atom is 0.224 e. The highest BCUT2D eigenvalue weighted by atomic mass is 79.9. The van der Waals surface area contributed by atoms with Crippen LogP contribution in [-0.2, 0) is 11.2 Å². The monoisotopic (exact) mass is 395 g/mol. The van der Waals surface area contributed by atoms with Crippen LogP contribution in [0.2, 0.25) is 0 Å². The predicted molar refractivity (Wildman–Crippen MR) is 88.5 cm³/mol. The van der Waals surface area contributed by atoms with Crippen molar-refractivity contribution in [2.45, 2.75) is 19.4 Å². The molecule has 0 aliphatic rings. The van der Waals surface area contributed by atoms with Gasteiger partial charge in [0.1, 0.15) is 0 Å². The lowest BCUT2D eigenvalue weighted by Crippen LogP contribution is -2.28. The van der Waals surface area contributed by atoms with Gasteiger partial charge in [0.2, 0.25) is 5.91 Å². The molecule has 2 rings (SSSR count). The van der Waals surface area contributed by atoms with Crippen LogP contribution in [0.25, 0.3) is 0 Å². The van der Waals surface area contributed by atoms with E-state index in [4.69, 9.17) is 0 Å². The summed E-state index contributed by atoms with van der Waals surface area (Å²) in [6.45, 7) is 1.99. The molecule has 1 amide bonds. The van der Waals surface area contributed by atoms with Gasteiger partial charge in [-0.3, -0.25) is 4.79 Å². The van der Waals surface area contributed by atoms with E-state index in [0.29, 0.717) is 6.42 Å². The van der Waals surface area contributed by atoms with E-state index in [0.717, 1.165) is 20.1 Å². The third-order valence-electron chi connectivity index (χ3n) is 3.03. The molecule has 0 heterocycles. The van der Waals surface area contributed by atoms with Crippen molar-refractivity contribution in [3.8, 4) is 0 Å². The van der Waals surface area contributed by atoms with Crippen molar-refractivity contribution in [1.29, 1.82) is 0 Å². The second kappa shape index (κ2) is 7.04. The van der Waals surface area contributed by atoms with E-state index in [1.807, 2.05) is 55.5 Å². The van der Waals surface area contributed by atoms with Gasteiger partial charge in [-0.05, 0) is 42.3 Å². The van der Waals surface area contributed by atoms with Crippen LogP contribution in [0.1, 0.15) is 24.1 Å². The van der Waals surface area contributed by atoms with E-state index in [1.165, 1.54) is 0 Å². The van der Waals surface area contributed by atoms with Crippen LogP contribution >= 0.6 is 31.9 Å². The third-order valence-corrected chi connectivity index (χ3v) is 4.08. The highest BCUT2D eigenvalue weighted by Gasteiger charge is 2.10.